The van der Waals surface area contributed by atoms with E-state index in [1.54, 1.807) is 6.07 Å². The van der Waals surface area contributed by atoms with E-state index in [1.165, 1.54) is 0 Å². The second kappa shape index (κ2) is 6.66. The molecule has 5 heteroatoms. The zero-order chi connectivity index (χ0) is 17.1. The Morgan fingerprint density at radius 1 is 1.17 bits per heavy atom. The molecule has 1 aromatic heterocycles. The third-order valence-electron chi connectivity index (χ3n) is 3.96. The van der Waals surface area contributed by atoms with Crippen LogP contribution in [0.4, 0.5) is 0 Å². The van der Waals surface area contributed by atoms with Crippen molar-refractivity contribution in [3.05, 3.63) is 65.5 Å². The minimum Gasteiger partial charge on any atom is -0.282 e. The monoisotopic (exact) mass is 320 g/mol. The molecule has 0 saturated carbocycles. The molecular weight excluding hydrogens is 300 g/mol. The summed E-state index contributed by atoms with van der Waals surface area (Å²) in [4.78, 5) is 12.2. The van der Waals surface area contributed by atoms with Crippen molar-refractivity contribution in [1.29, 1.82) is 0 Å². The molecule has 0 aliphatic carbocycles. The Morgan fingerprint density at radius 3 is 2.67 bits per heavy atom. The van der Waals surface area contributed by atoms with Crippen LogP contribution in [0.2, 0.25) is 0 Å². The Balaban J connectivity index is 1.81. The van der Waals surface area contributed by atoms with Crippen molar-refractivity contribution in [3.63, 3.8) is 0 Å². The first-order valence-electron chi connectivity index (χ1n) is 7.94. The number of carbonyl (C=O) groups is 1. The average molecular weight is 320 g/mol. The van der Waals surface area contributed by atoms with Gasteiger partial charge < -0.3 is 0 Å². The number of hydrogen-bond donors (Lipinski definition) is 2. The van der Waals surface area contributed by atoms with Crippen LogP contribution in [0.1, 0.15) is 48.4 Å². The molecule has 5 nitrogen and oxygen atoms in total. The molecule has 1 heterocycles. The summed E-state index contributed by atoms with van der Waals surface area (Å²) in [5, 5.41) is 13.4. The van der Waals surface area contributed by atoms with Crippen LogP contribution >= 0.6 is 0 Å². The Bertz CT molecular complexity index is 903. The lowest BCUT2D eigenvalue weighted by molar-refractivity contribution is 0.0950. The summed E-state index contributed by atoms with van der Waals surface area (Å²) >= 11 is 0. The maximum absolute atomic E-state index is 12.2. The smallest absolute Gasteiger partial charge is 0.282 e. The number of aromatic nitrogens is 2. The van der Waals surface area contributed by atoms with Gasteiger partial charge in [0, 0.05) is 11.3 Å². The molecule has 0 radical (unpaired) electrons. The molecule has 0 atom stereocenters. The van der Waals surface area contributed by atoms with Gasteiger partial charge >= 0.3 is 0 Å². The number of nitrogens with one attached hydrogen (secondary N) is 2. The zero-order valence-electron chi connectivity index (χ0n) is 14.0. The molecule has 0 aliphatic rings. The highest BCUT2D eigenvalue weighted by molar-refractivity contribution is 6.10. The Labute approximate surface area is 140 Å². The largest absolute Gasteiger partial charge is 0.291 e. The van der Waals surface area contributed by atoms with Gasteiger partial charge in [-0.05, 0) is 29.7 Å². The van der Waals surface area contributed by atoms with Crippen LogP contribution in [-0.2, 0) is 0 Å². The highest BCUT2D eigenvalue weighted by atomic mass is 16.2. The molecule has 0 fully saturated rings. The van der Waals surface area contributed by atoms with Crippen molar-refractivity contribution < 1.29 is 4.79 Å². The summed E-state index contributed by atoms with van der Waals surface area (Å²) in [6, 6.07) is 15.9. The molecule has 1 amide bonds. The van der Waals surface area contributed by atoms with E-state index in [0.29, 0.717) is 11.6 Å². The summed E-state index contributed by atoms with van der Waals surface area (Å²) in [6.07, 6.45) is 0. The molecule has 0 unspecified atom stereocenters. The minimum absolute atomic E-state index is 0.292. The molecule has 0 spiro atoms. The van der Waals surface area contributed by atoms with Crippen molar-refractivity contribution >= 4 is 22.4 Å². The van der Waals surface area contributed by atoms with Crippen molar-refractivity contribution in [3.8, 4) is 0 Å². The van der Waals surface area contributed by atoms with Gasteiger partial charge in [-0.25, -0.2) is 5.43 Å². The Kier molecular flexibility index (Phi) is 4.42. The van der Waals surface area contributed by atoms with E-state index in [4.69, 9.17) is 0 Å². The molecule has 3 aromatic rings. The number of fused-ring (bicyclic) bond motifs is 1. The number of nitrogens with zero attached hydrogens (tertiary/aromatic N) is 2. The molecule has 24 heavy (non-hydrogen) atoms. The van der Waals surface area contributed by atoms with Crippen molar-refractivity contribution in [2.45, 2.75) is 26.7 Å². The van der Waals surface area contributed by atoms with Gasteiger partial charge in [-0.1, -0.05) is 56.3 Å². The molecule has 0 bridgehead atoms. The quantitative estimate of drug-likeness (QED) is 0.566. The third kappa shape index (κ3) is 3.20. The molecule has 2 N–H and O–H groups in total. The van der Waals surface area contributed by atoms with Crippen LogP contribution in [-0.4, -0.2) is 21.8 Å². The van der Waals surface area contributed by atoms with Gasteiger partial charge in [0.25, 0.3) is 5.91 Å². The van der Waals surface area contributed by atoms with Crippen LogP contribution in [0.25, 0.3) is 10.8 Å². The SMILES string of the molecule is CC(=NNC(=O)c1cc(C(C)C)[nH]n1)c1cccc2ccccc12. The Hall–Kier alpha value is -2.95. The van der Waals surface area contributed by atoms with Gasteiger partial charge in [-0.2, -0.15) is 10.2 Å². The zero-order valence-corrected chi connectivity index (χ0v) is 14.0. The van der Waals surface area contributed by atoms with E-state index in [9.17, 15) is 4.79 Å². The maximum atomic E-state index is 12.2. The number of hydrogen-bond acceptors (Lipinski definition) is 3. The van der Waals surface area contributed by atoms with Gasteiger partial charge in [0.15, 0.2) is 5.69 Å². The van der Waals surface area contributed by atoms with E-state index < -0.39 is 0 Å². The molecular formula is C19H20N4O. The van der Waals surface area contributed by atoms with Crippen molar-refractivity contribution in [1.82, 2.24) is 15.6 Å². The first-order valence-corrected chi connectivity index (χ1v) is 7.94. The van der Waals surface area contributed by atoms with Gasteiger partial charge in [0.2, 0.25) is 0 Å². The summed E-state index contributed by atoms with van der Waals surface area (Å²) in [6.45, 7) is 5.96. The normalized spacial score (nSPS) is 11.9. The summed E-state index contributed by atoms with van der Waals surface area (Å²) in [5.41, 5.74) is 5.60. The minimum atomic E-state index is -0.322. The van der Waals surface area contributed by atoms with Gasteiger partial charge in [0.1, 0.15) is 0 Å². The number of carbonyl (C=O) groups excluding carboxylic acids is 1. The first-order chi connectivity index (χ1) is 11.6. The lowest BCUT2D eigenvalue weighted by Gasteiger charge is -2.06. The lowest BCUT2D eigenvalue weighted by atomic mass is 10.0. The third-order valence-corrected chi connectivity index (χ3v) is 3.96. The predicted molar refractivity (Wildman–Crippen MR) is 96.3 cm³/mol. The van der Waals surface area contributed by atoms with E-state index >= 15 is 0 Å². The fourth-order valence-electron chi connectivity index (χ4n) is 2.54. The van der Waals surface area contributed by atoms with Crippen LogP contribution in [0.5, 0.6) is 0 Å². The van der Waals surface area contributed by atoms with Crippen molar-refractivity contribution in [2.75, 3.05) is 0 Å². The fraction of sp³-hybridized carbons (Fsp3) is 0.211. The lowest BCUT2D eigenvalue weighted by Crippen LogP contribution is -2.19. The summed E-state index contributed by atoms with van der Waals surface area (Å²) < 4.78 is 0. The molecule has 3 rings (SSSR count). The molecule has 0 aliphatic heterocycles. The predicted octanol–water partition coefficient (Wildman–Crippen LogP) is 3.84. The van der Waals surface area contributed by atoms with E-state index in [0.717, 1.165) is 27.7 Å². The second-order valence-corrected chi connectivity index (χ2v) is 6.03. The second-order valence-electron chi connectivity index (χ2n) is 6.03. The number of amides is 1. The van der Waals surface area contributed by atoms with Crippen LogP contribution in [0.3, 0.4) is 0 Å². The standard InChI is InChI=1S/C19H20N4O/c1-12(2)17-11-18(22-21-17)19(24)23-20-13(3)15-10-6-8-14-7-4-5-9-16(14)15/h4-12H,1-3H3,(H,21,22)(H,23,24). The van der Waals surface area contributed by atoms with Gasteiger partial charge in [0.05, 0.1) is 5.71 Å². The average Bonchev–Trinajstić information content (AvgIpc) is 3.09. The molecule has 0 saturated heterocycles. The Morgan fingerprint density at radius 2 is 1.92 bits per heavy atom. The number of hydrazone groups is 1. The summed E-state index contributed by atoms with van der Waals surface area (Å²) in [7, 11) is 0. The van der Waals surface area contributed by atoms with E-state index in [-0.39, 0.29) is 5.91 Å². The number of rotatable bonds is 4. The molecule has 122 valence electrons. The van der Waals surface area contributed by atoms with E-state index in [1.807, 2.05) is 51.1 Å². The maximum Gasteiger partial charge on any atom is 0.291 e. The highest BCUT2D eigenvalue weighted by Crippen LogP contribution is 2.19. The highest BCUT2D eigenvalue weighted by Gasteiger charge is 2.12. The van der Waals surface area contributed by atoms with E-state index in [2.05, 4.69) is 32.9 Å². The van der Waals surface area contributed by atoms with Crippen LogP contribution in [0, 0.1) is 0 Å². The fourth-order valence-corrected chi connectivity index (χ4v) is 2.54. The van der Waals surface area contributed by atoms with Crippen molar-refractivity contribution in [2.24, 2.45) is 5.10 Å². The first kappa shape index (κ1) is 15.9. The number of benzene rings is 2. The number of H-pyrrole nitrogens is 1. The summed E-state index contributed by atoms with van der Waals surface area (Å²) in [5.74, 6) is -0.0299. The topological polar surface area (TPSA) is 70.1 Å². The van der Waals surface area contributed by atoms with Crippen LogP contribution in [0.15, 0.2) is 53.6 Å². The van der Waals surface area contributed by atoms with Crippen LogP contribution < -0.4 is 5.43 Å². The molecule has 2 aromatic carbocycles. The number of aromatic amines is 1. The van der Waals surface area contributed by atoms with Gasteiger partial charge in [-0.3, -0.25) is 9.89 Å². The van der Waals surface area contributed by atoms with Gasteiger partial charge in [-0.15, -0.1) is 0 Å².